The summed E-state index contributed by atoms with van der Waals surface area (Å²) in [5.41, 5.74) is 8.34. The second kappa shape index (κ2) is 10.1. The van der Waals surface area contributed by atoms with Crippen molar-refractivity contribution in [1.82, 2.24) is 15.1 Å². The van der Waals surface area contributed by atoms with Crippen LogP contribution in [0.25, 0.3) is 11.8 Å². The van der Waals surface area contributed by atoms with Crippen LogP contribution in [0.3, 0.4) is 0 Å². The average Bonchev–Trinajstić information content (AvgIpc) is 3.11. The summed E-state index contributed by atoms with van der Waals surface area (Å²) >= 11 is 0. The van der Waals surface area contributed by atoms with Gasteiger partial charge in [-0.05, 0) is 48.7 Å². The normalized spacial score (nSPS) is 10.7. The van der Waals surface area contributed by atoms with E-state index < -0.39 is 5.82 Å². The number of carbonyl (C=O) groups excluding carboxylic acids is 1. The molecule has 2 aromatic carbocycles. The van der Waals surface area contributed by atoms with Crippen molar-refractivity contribution < 1.29 is 13.9 Å². The van der Waals surface area contributed by atoms with E-state index in [1.54, 1.807) is 10.7 Å². The largest absolute Gasteiger partial charge is 0.494 e. The lowest BCUT2D eigenvalue weighted by Gasteiger charge is -2.03. The molecule has 0 saturated carbocycles. The molecular formula is C23H22FN5O2. The summed E-state index contributed by atoms with van der Waals surface area (Å²) in [6.07, 6.45) is 3.93. The number of anilines is 1. The number of nitrogens with two attached hydrogens (primary N) is 1. The molecule has 158 valence electrons. The van der Waals surface area contributed by atoms with E-state index in [4.69, 9.17) is 10.5 Å². The number of methoxy groups -OCH3 is 1. The minimum Gasteiger partial charge on any atom is -0.494 e. The Kier molecular flexibility index (Phi) is 7.01. The Morgan fingerprint density at radius 2 is 2.10 bits per heavy atom. The second-order valence-electron chi connectivity index (χ2n) is 6.69. The Morgan fingerprint density at radius 3 is 2.77 bits per heavy atom. The van der Waals surface area contributed by atoms with Crippen molar-refractivity contribution in [2.24, 2.45) is 0 Å². The number of carbonyl (C=O) groups is 1. The van der Waals surface area contributed by atoms with Gasteiger partial charge >= 0.3 is 0 Å². The van der Waals surface area contributed by atoms with Gasteiger partial charge in [0.2, 0.25) is 5.91 Å². The number of amides is 1. The van der Waals surface area contributed by atoms with Crippen molar-refractivity contribution in [3.05, 3.63) is 77.2 Å². The number of hydrogen-bond acceptors (Lipinski definition) is 5. The van der Waals surface area contributed by atoms with Crippen LogP contribution in [0.1, 0.15) is 23.2 Å². The van der Waals surface area contributed by atoms with E-state index in [2.05, 4.69) is 16.5 Å². The first-order valence-corrected chi connectivity index (χ1v) is 9.66. The summed E-state index contributed by atoms with van der Waals surface area (Å²) in [4.78, 5) is 12.0. The molecule has 3 aromatic rings. The van der Waals surface area contributed by atoms with Gasteiger partial charge in [0.1, 0.15) is 17.5 Å². The number of nitrogens with zero attached hydrogens (tertiary/aromatic N) is 3. The Labute approximate surface area is 179 Å². The number of benzene rings is 2. The van der Waals surface area contributed by atoms with E-state index in [0.29, 0.717) is 42.0 Å². The molecule has 0 aliphatic heterocycles. The summed E-state index contributed by atoms with van der Waals surface area (Å²) in [5, 5.41) is 16.7. The monoisotopic (exact) mass is 419 g/mol. The fourth-order valence-corrected chi connectivity index (χ4v) is 3.03. The Balaban J connectivity index is 1.54. The van der Waals surface area contributed by atoms with Crippen LogP contribution in [0.15, 0.2) is 54.6 Å². The van der Waals surface area contributed by atoms with Gasteiger partial charge in [0.05, 0.1) is 18.5 Å². The molecule has 3 rings (SSSR count). The molecule has 0 bridgehead atoms. The van der Waals surface area contributed by atoms with Crippen molar-refractivity contribution in [1.29, 1.82) is 5.26 Å². The zero-order valence-corrected chi connectivity index (χ0v) is 17.0. The topological polar surface area (TPSA) is 106 Å². The van der Waals surface area contributed by atoms with E-state index in [1.165, 1.54) is 31.4 Å². The first-order valence-electron chi connectivity index (χ1n) is 9.66. The van der Waals surface area contributed by atoms with Crippen LogP contribution in [0.5, 0.6) is 5.75 Å². The quantitative estimate of drug-likeness (QED) is 0.431. The van der Waals surface area contributed by atoms with Gasteiger partial charge in [-0.15, -0.1) is 0 Å². The minimum atomic E-state index is -0.493. The molecule has 3 N–H and O–H groups in total. The minimum absolute atomic E-state index is 0.147. The molecule has 0 radical (unpaired) electrons. The Morgan fingerprint density at radius 1 is 1.32 bits per heavy atom. The molecule has 0 aliphatic rings. The first-order chi connectivity index (χ1) is 15.0. The van der Waals surface area contributed by atoms with Crippen molar-refractivity contribution in [2.75, 3.05) is 19.4 Å². The van der Waals surface area contributed by atoms with E-state index in [1.807, 2.05) is 30.3 Å². The van der Waals surface area contributed by atoms with Crippen LogP contribution in [0.4, 0.5) is 10.2 Å². The average molecular weight is 419 g/mol. The summed E-state index contributed by atoms with van der Waals surface area (Å²) in [6.45, 7) is 0.392. The highest BCUT2D eigenvalue weighted by Gasteiger charge is 2.16. The highest BCUT2D eigenvalue weighted by molar-refractivity contribution is 5.91. The van der Waals surface area contributed by atoms with E-state index in [-0.39, 0.29) is 11.7 Å². The summed E-state index contributed by atoms with van der Waals surface area (Å²) in [5.74, 6) is -0.352. The third-order valence-electron chi connectivity index (χ3n) is 4.60. The van der Waals surface area contributed by atoms with Gasteiger partial charge in [0.25, 0.3) is 0 Å². The maximum atomic E-state index is 13.7. The molecule has 0 aliphatic carbocycles. The highest BCUT2D eigenvalue weighted by atomic mass is 19.1. The lowest BCUT2D eigenvalue weighted by Crippen LogP contribution is -2.22. The fourth-order valence-electron chi connectivity index (χ4n) is 3.03. The third kappa shape index (κ3) is 5.28. The number of aromatic nitrogens is 2. The summed E-state index contributed by atoms with van der Waals surface area (Å²) < 4.78 is 20.1. The number of nitriles is 1. The predicted molar refractivity (Wildman–Crippen MR) is 116 cm³/mol. The number of nitrogen functional groups attached to an aromatic ring is 1. The number of nitrogens with one attached hydrogen (secondary N) is 1. The number of aryl methyl sites for hydroxylation is 1. The standard InChI is InChI=1S/C23H22FN5O2/c1-31-21-11-9-16(14-19(21)24)10-12-22(30)27-13-5-8-20-18(15-25)23(26)29(28-20)17-6-3-2-4-7-17/h2-4,6-7,9-12,14H,5,8,13,26H2,1H3,(H,27,30)/b12-10+. The molecule has 0 spiro atoms. The van der Waals surface area contributed by atoms with E-state index in [9.17, 15) is 14.4 Å². The number of ether oxygens (including phenoxy) is 1. The van der Waals surface area contributed by atoms with Gasteiger partial charge in [0, 0.05) is 12.6 Å². The maximum Gasteiger partial charge on any atom is 0.243 e. The van der Waals surface area contributed by atoms with Crippen LogP contribution >= 0.6 is 0 Å². The fraction of sp³-hybridized carbons (Fsp3) is 0.174. The molecular weight excluding hydrogens is 397 g/mol. The zero-order valence-electron chi connectivity index (χ0n) is 17.0. The third-order valence-corrected chi connectivity index (χ3v) is 4.60. The molecule has 0 fully saturated rings. The van der Waals surface area contributed by atoms with Gasteiger partial charge < -0.3 is 15.8 Å². The van der Waals surface area contributed by atoms with Gasteiger partial charge in [-0.2, -0.15) is 10.4 Å². The zero-order chi connectivity index (χ0) is 22.2. The number of rotatable bonds is 8. The van der Waals surface area contributed by atoms with Crippen molar-refractivity contribution in [2.45, 2.75) is 12.8 Å². The molecule has 8 heteroatoms. The molecule has 1 amide bonds. The van der Waals surface area contributed by atoms with Crippen LogP contribution in [0, 0.1) is 17.1 Å². The molecule has 1 aromatic heterocycles. The van der Waals surface area contributed by atoms with Crippen LogP contribution in [-0.4, -0.2) is 29.3 Å². The second-order valence-corrected chi connectivity index (χ2v) is 6.69. The highest BCUT2D eigenvalue weighted by Crippen LogP contribution is 2.21. The van der Waals surface area contributed by atoms with Gasteiger partial charge in [0.15, 0.2) is 11.6 Å². The van der Waals surface area contributed by atoms with Gasteiger partial charge in [-0.3, -0.25) is 4.79 Å². The van der Waals surface area contributed by atoms with Crippen LogP contribution < -0.4 is 15.8 Å². The Hall–Kier alpha value is -4.12. The molecule has 0 atom stereocenters. The first kappa shape index (κ1) is 21.6. The molecule has 7 nitrogen and oxygen atoms in total. The van der Waals surface area contributed by atoms with Gasteiger partial charge in [-0.25, -0.2) is 9.07 Å². The number of para-hydroxylation sites is 1. The smallest absolute Gasteiger partial charge is 0.243 e. The van der Waals surface area contributed by atoms with E-state index >= 15 is 0 Å². The molecule has 0 saturated heterocycles. The van der Waals surface area contributed by atoms with Gasteiger partial charge in [-0.1, -0.05) is 24.3 Å². The number of halogens is 1. The lowest BCUT2D eigenvalue weighted by atomic mass is 10.1. The Bertz CT molecular complexity index is 1130. The van der Waals surface area contributed by atoms with Crippen molar-refractivity contribution in [3.63, 3.8) is 0 Å². The van der Waals surface area contributed by atoms with Crippen molar-refractivity contribution in [3.8, 4) is 17.5 Å². The molecule has 31 heavy (non-hydrogen) atoms. The SMILES string of the molecule is COc1ccc(/C=C/C(=O)NCCCc2nn(-c3ccccc3)c(N)c2C#N)cc1F. The summed E-state index contributed by atoms with van der Waals surface area (Å²) in [7, 11) is 1.39. The van der Waals surface area contributed by atoms with Crippen LogP contribution in [0.2, 0.25) is 0 Å². The number of hydrogen-bond donors (Lipinski definition) is 2. The summed E-state index contributed by atoms with van der Waals surface area (Å²) in [6, 6.07) is 15.9. The predicted octanol–water partition coefficient (Wildman–Crippen LogP) is 3.24. The van der Waals surface area contributed by atoms with Crippen molar-refractivity contribution >= 4 is 17.8 Å². The maximum absolute atomic E-state index is 13.7. The van der Waals surface area contributed by atoms with Crippen LogP contribution in [-0.2, 0) is 11.2 Å². The molecule has 0 unspecified atom stereocenters. The molecule has 1 heterocycles. The lowest BCUT2D eigenvalue weighted by molar-refractivity contribution is -0.116. The van der Waals surface area contributed by atoms with E-state index in [0.717, 1.165) is 5.69 Å².